The van der Waals surface area contributed by atoms with Gasteiger partial charge in [0.2, 0.25) is 0 Å². The Hall–Kier alpha value is -3.16. The van der Waals surface area contributed by atoms with Gasteiger partial charge in [-0.05, 0) is 42.7 Å². The molecule has 0 atom stereocenters. The number of fused-ring (bicyclic) bond motifs is 2. The molecule has 6 rings (SSSR count). The number of aryl methyl sites for hydroxylation is 1. The first-order chi connectivity index (χ1) is 16.7. The van der Waals surface area contributed by atoms with Gasteiger partial charge in [-0.1, -0.05) is 30.3 Å². The molecule has 2 saturated heterocycles. The molecule has 4 heterocycles. The lowest BCUT2D eigenvalue weighted by atomic mass is 10.0. The van der Waals surface area contributed by atoms with E-state index in [0.717, 1.165) is 67.7 Å². The van der Waals surface area contributed by atoms with Crippen LogP contribution in [0.5, 0.6) is 5.75 Å². The van der Waals surface area contributed by atoms with Crippen molar-refractivity contribution in [2.75, 3.05) is 49.3 Å². The summed E-state index contributed by atoms with van der Waals surface area (Å²) in [7, 11) is 0. The molecule has 3 aliphatic heterocycles. The second-order valence-electron chi connectivity index (χ2n) is 9.16. The van der Waals surface area contributed by atoms with Crippen LogP contribution in [0.1, 0.15) is 24.8 Å². The monoisotopic (exact) mass is 459 g/mol. The molecule has 7 heteroatoms. The molecule has 0 radical (unpaired) electrons. The number of nitrogens with zero attached hydrogens (tertiary/aromatic N) is 3. The number of carbonyl (C=O) groups is 1. The minimum atomic E-state index is -0.408. The summed E-state index contributed by atoms with van der Waals surface area (Å²) in [6, 6.07) is 18.1. The van der Waals surface area contributed by atoms with E-state index in [1.807, 2.05) is 41.3 Å². The van der Waals surface area contributed by atoms with E-state index in [1.165, 1.54) is 5.56 Å². The first-order valence-corrected chi connectivity index (χ1v) is 12.1. The van der Waals surface area contributed by atoms with Gasteiger partial charge in [0.15, 0.2) is 12.4 Å². The highest BCUT2D eigenvalue weighted by molar-refractivity contribution is 5.96. The number of hydrogen-bond donors (Lipinski definition) is 0. The number of para-hydroxylation sites is 2. The van der Waals surface area contributed by atoms with Gasteiger partial charge in [-0.25, -0.2) is 4.98 Å². The molecule has 3 aromatic rings. The van der Waals surface area contributed by atoms with Gasteiger partial charge in [0.05, 0.1) is 13.2 Å². The molecule has 0 unspecified atom stereocenters. The fourth-order valence-corrected chi connectivity index (χ4v) is 5.27. The normalized spacial score (nSPS) is 19.4. The first kappa shape index (κ1) is 21.4. The average molecular weight is 460 g/mol. The number of hydrogen-bond acceptors (Lipinski definition) is 6. The lowest BCUT2D eigenvalue weighted by molar-refractivity contribution is -0.169. The van der Waals surface area contributed by atoms with Gasteiger partial charge >= 0.3 is 0 Å². The number of ether oxygens (including phenoxy) is 3. The number of piperidine rings is 1. The molecular weight excluding hydrogens is 430 g/mol. The van der Waals surface area contributed by atoms with E-state index in [1.54, 1.807) is 0 Å². The van der Waals surface area contributed by atoms with Gasteiger partial charge in [0.1, 0.15) is 17.1 Å². The maximum Gasteiger partial charge on any atom is 0.264 e. The highest BCUT2D eigenvalue weighted by atomic mass is 16.7. The van der Waals surface area contributed by atoms with Crippen molar-refractivity contribution < 1.29 is 19.0 Å². The summed E-state index contributed by atoms with van der Waals surface area (Å²) in [4.78, 5) is 22.1. The van der Waals surface area contributed by atoms with Crippen molar-refractivity contribution in [3.05, 3.63) is 60.2 Å². The second kappa shape index (κ2) is 8.89. The Kier molecular flexibility index (Phi) is 5.59. The van der Waals surface area contributed by atoms with Crippen LogP contribution in [0.15, 0.2) is 54.6 Å². The third kappa shape index (κ3) is 3.99. The Bertz CT molecular complexity index is 1200. The summed E-state index contributed by atoms with van der Waals surface area (Å²) < 4.78 is 17.8. The quantitative estimate of drug-likeness (QED) is 0.589. The first-order valence-electron chi connectivity index (χ1n) is 12.1. The van der Waals surface area contributed by atoms with Crippen molar-refractivity contribution >= 4 is 28.3 Å². The number of benzene rings is 2. The van der Waals surface area contributed by atoms with Crippen molar-refractivity contribution in [1.29, 1.82) is 0 Å². The van der Waals surface area contributed by atoms with Crippen LogP contribution in [0.25, 0.3) is 10.9 Å². The van der Waals surface area contributed by atoms with Crippen LogP contribution < -0.4 is 14.5 Å². The topological polar surface area (TPSA) is 64.1 Å². The summed E-state index contributed by atoms with van der Waals surface area (Å²) in [5, 5.41) is 0.993. The van der Waals surface area contributed by atoms with E-state index in [2.05, 4.69) is 23.1 Å². The molecular formula is C27H29N3O4. The smallest absolute Gasteiger partial charge is 0.264 e. The molecule has 2 fully saturated rings. The van der Waals surface area contributed by atoms with Crippen LogP contribution in [0, 0.1) is 0 Å². The van der Waals surface area contributed by atoms with Gasteiger partial charge in [0, 0.05) is 43.5 Å². The van der Waals surface area contributed by atoms with Crippen LogP contribution in [-0.4, -0.2) is 56.1 Å². The van der Waals surface area contributed by atoms with Gasteiger partial charge in [-0.2, -0.15) is 0 Å². The number of amides is 1. The van der Waals surface area contributed by atoms with E-state index >= 15 is 0 Å². The number of anilines is 2. The average Bonchev–Trinajstić information content (AvgIpc) is 3.34. The molecule has 34 heavy (non-hydrogen) atoms. The Morgan fingerprint density at radius 2 is 1.79 bits per heavy atom. The highest BCUT2D eigenvalue weighted by Gasteiger charge is 2.40. The zero-order valence-corrected chi connectivity index (χ0v) is 19.2. The third-order valence-corrected chi connectivity index (χ3v) is 7.09. The summed E-state index contributed by atoms with van der Waals surface area (Å²) in [6.07, 6.45) is 3.63. The third-order valence-electron chi connectivity index (χ3n) is 7.09. The number of rotatable bonds is 4. The fourth-order valence-electron chi connectivity index (χ4n) is 5.27. The second-order valence-corrected chi connectivity index (χ2v) is 9.16. The van der Waals surface area contributed by atoms with Crippen LogP contribution in [-0.2, 0) is 20.7 Å². The largest absolute Gasteiger partial charge is 0.481 e. The van der Waals surface area contributed by atoms with Crippen LogP contribution in [0.3, 0.4) is 0 Å². The van der Waals surface area contributed by atoms with E-state index in [9.17, 15) is 4.79 Å². The Balaban J connectivity index is 1.18. The van der Waals surface area contributed by atoms with Gasteiger partial charge in [0.25, 0.3) is 5.91 Å². The zero-order valence-electron chi connectivity index (χ0n) is 19.2. The lowest BCUT2D eigenvalue weighted by Crippen LogP contribution is -2.45. The molecule has 1 amide bonds. The molecule has 0 bridgehead atoms. The van der Waals surface area contributed by atoms with Gasteiger partial charge < -0.3 is 24.0 Å². The Morgan fingerprint density at radius 1 is 0.971 bits per heavy atom. The van der Waals surface area contributed by atoms with Crippen LogP contribution in [0.4, 0.5) is 11.5 Å². The highest BCUT2D eigenvalue weighted by Crippen LogP contribution is 2.34. The van der Waals surface area contributed by atoms with Crippen molar-refractivity contribution in [3.63, 3.8) is 0 Å². The summed E-state index contributed by atoms with van der Waals surface area (Å²) in [6.45, 7) is 3.72. The summed E-state index contributed by atoms with van der Waals surface area (Å²) in [5.41, 5.74) is 2.99. The lowest BCUT2D eigenvalue weighted by Gasteiger charge is -2.38. The predicted molar refractivity (Wildman–Crippen MR) is 130 cm³/mol. The maximum atomic E-state index is 13.1. The standard InChI is InChI=1S/C27H29N3O4/c31-25(30-14-4-7-20-5-1-2-8-22(20)30)19-32-23-9-3-6-21-10-11-24(28-26(21)23)29-15-12-27(13-16-29)33-17-18-34-27/h1-3,5-6,8-11H,4,7,12-19H2. The molecule has 1 spiro atoms. The summed E-state index contributed by atoms with van der Waals surface area (Å²) in [5.74, 6) is 1.11. The Labute approximate surface area is 199 Å². The predicted octanol–water partition coefficient (Wildman–Crippen LogP) is 3.94. The van der Waals surface area contributed by atoms with E-state index < -0.39 is 5.79 Å². The molecule has 1 aromatic heterocycles. The van der Waals surface area contributed by atoms with Crippen LogP contribution >= 0.6 is 0 Å². The number of aromatic nitrogens is 1. The summed E-state index contributed by atoms with van der Waals surface area (Å²) >= 11 is 0. The minimum Gasteiger partial charge on any atom is -0.481 e. The number of carbonyl (C=O) groups excluding carboxylic acids is 1. The van der Waals surface area contributed by atoms with E-state index in [-0.39, 0.29) is 12.5 Å². The molecule has 3 aliphatic rings. The SMILES string of the molecule is O=C(COc1cccc2ccc(N3CCC4(CC3)OCCO4)nc12)N1CCCc2ccccc21. The van der Waals surface area contributed by atoms with E-state index in [0.29, 0.717) is 19.0 Å². The van der Waals surface area contributed by atoms with Crippen molar-refractivity contribution in [2.24, 2.45) is 0 Å². The molecule has 176 valence electrons. The molecule has 0 aliphatic carbocycles. The van der Waals surface area contributed by atoms with Gasteiger partial charge in [-0.15, -0.1) is 0 Å². The number of pyridine rings is 1. The molecule has 0 N–H and O–H groups in total. The molecule has 2 aromatic carbocycles. The van der Waals surface area contributed by atoms with Crippen LogP contribution in [0.2, 0.25) is 0 Å². The van der Waals surface area contributed by atoms with Crippen molar-refractivity contribution in [2.45, 2.75) is 31.5 Å². The maximum absolute atomic E-state index is 13.1. The fraction of sp³-hybridized carbons (Fsp3) is 0.407. The van der Waals surface area contributed by atoms with E-state index in [4.69, 9.17) is 19.2 Å². The van der Waals surface area contributed by atoms with Gasteiger partial charge in [-0.3, -0.25) is 4.79 Å². The molecule has 7 nitrogen and oxygen atoms in total. The van der Waals surface area contributed by atoms with Crippen molar-refractivity contribution in [1.82, 2.24) is 4.98 Å². The zero-order chi connectivity index (χ0) is 23.0. The minimum absolute atomic E-state index is 0.0136. The molecule has 0 saturated carbocycles. The Morgan fingerprint density at radius 3 is 2.65 bits per heavy atom. The van der Waals surface area contributed by atoms with Crippen molar-refractivity contribution in [3.8, 4) is 5.75 Å².